The lowest BCUT2D eigenvalue weighted by molar-refractivity contribution is 0.290. The Kier molecular flexibility index (Phi) is 7.55. The fourth-order valence-corrected chi connectivity index (χ4v) is 4.44. The van der Waals surface area contributed by atoms with Crippen molar-refractivity contribution in [1.82, 2.24) is 15.1 Å². The summed E-state index contributed by atoms with van der Waals surface area (Å²) in [5.74, 6) is 1.07. The van der Waals surface area contributed by atoms with Gasteiger partial charge < -0.3 is 15.1 Å². The monoisotopic (exact) mass is 456 g/mol. The lowest BCUT2D eigenvalue weighted by atomic mass is 9.86. The quantitative estimate of drug-likeness (QED) is 0.426. The number of rotatable bonds is 4. The molecule has 0 amide bonds. The molecule has 3 rings (SSSR count). The zero-order chi connectivity index (χ0) is 17.0. The summed E-state index contributed by atoms with van der Waals surface area (Å²) >= 11 is 0. The zero-order valence-corrected chi connectivity index (χ0v) is 18.2. The standard InChI is InChI=1S/C20H32N4.HI/c1-21-19(24-14-13-20(16-24)11-7-8-12-20)22-15-18(23(2)3)17-9-5-4-6-10-17;/h4-6,9-10,18H,7-8,11-16H2,1-3H3,(H,21,22);1H. The van der Waals surface area contributed by atoms with Crippen LogP contribution in [0.15, 0.2) is 35.3 Å². The first kappa shape index (κ1) is 20.5. The lowest BCUT2D eigenvalue weighted by Gasteiger charge is -2.29. The molecule has 1 aliphatic carbocycles. The van der Waals surface area contributed by atoms with Gasteiger partial charge in [0, 0.05) is 26.7 Å². The number of halogens is 1. The number of benzene rings is 1. The highest BCUT2D eigenvalue weighted by atomic mass is 127. The maximum Gasteiger partial charge on any atom is 0.193 e. The maximum absolute atomic E-state index is 4.56. The second-order valence-electron chi connectivity index (χ2n) is 7.70. The molecule has 1 unspecified atom stereocenters. The molecule has 1 atom stereocenters. The van der Waals surface area contributed by atoms with Crippen LogP contribution in [0.2, 0.25) is 0 Å². The highest BCUT2D eigenvalue weighted by Gasteiger charge is 2.41. The van der Waals surface area contributed by atoms with Gasteiger partial charge in [-0.2, -0.15) is 0 Å². The van der Waals surface area contributed by atoms with Crippen LogP contribution in [-0.2, 0) is 0 Å². The number of likely N-dealkylation sites (tertiary alicyclic amines) is 1. The van der Waals surface area contributed by atoms with Gasteiger partial charge in [0.15, 0.2) is 5.96 Å². The molecule has 0 aromatic heterocycles. The predicted molar refractivity (Wildman–Crippen MR) is 117 cm³/mol. The van der Waals surface area contributed by atoms with Crippen LogP contribution >= 0.6 is 24.0 Å². The first-order valence-electron chi connectivity index (χ1n) is 9.30. The van der Waals surface area contributed by atoms with E-state index in [-0.39, 0.29) is 24.0 Å². The number of hydrogen-bond donors (Lipinski definition) is 1. The van der Waals surface area contributed by atoms with Gasteiger partial charge in [-0.05, 0) is 44.3 Å². The van der Waals surface area contributed by atoms with Crippen molar-refractivity contribution in [2.75, 3.05) is 40.8 Å². The number of nitrogens with one attached hydrogen (secondary N) is 1. The van der Waals surface area contributed by atoms with Gasteiger partial charge in [-0.25, -0.2) is 0 Å². The fraction of sp³-hybridized carbons (Fsp3) is 0.650. The Labute approximate surface area is 170 Å². The smallest absolute Gasteiger partial charge is 0.193 e. The Morgan fingerprint density at radius 2 is 1.88 bits per heavy atom. The van der Waals surface area contributed by atoms with Gasteiger partial charge in [0.2, 0.25) is 0 Å². The van der Waals surface area contributed by atoms with E-state index in [1.165, 1.54) is 44.2 Å². The summed E-state index contributed by atoms with van der Waals surface area (Å²) in [6.07, 6.45) is 6.98. The third kappa shape index (κ3) is 4.88. The van der Waals surface area contributed by atoms with E-state index in [0.29, 0.717) is 11.5 Å². The molecule has 0 radical (unpaired) electrons. The third-order valence-corrected chi connectivity index (χ3v) is 5.88. The summed E-state index contributed by atoms with van der Waals surface area (Å²) in [5, 5.41) is 3.63. The van der Waals surface area contributed by atoms with Crippen molar-refractivity contribution in [2.45, 2.75) is 38.1 Å². The van der Waals surface area contributed by atoms with Gasteiger partial charge in [-0.15, -0.1) is 24.0 Å². The summed E-state index contributed by atoms with van der Waals surface area (Å²) < 4.78 is 0. The summed E-state index contributed by atoms with van der Waals surface area (Å²) in [5.41, 5.74) is 1.93. The van der Waals surface area contributed by atoms with Gasteiger partial charge >= 0.3 is 0 Å². The van der Waals surface area contributed by atoms with Crippen LogP contribution < -0.4 is 5.32 Å². The fourth-order valence-electron chi connectivity index (χ4n) is 4.44. The zero-order valence-electron chi connectivity index (χ0n) is 15.9. The van der Waals surface area contributed by atoms with E-state index in [0.717, 1.165) is 19.0 Å². The summed E-state index contributed by atoms with van der Waals surface area (Å²) in [6.45, 7) is 3.22. The molecular weight excluding hydrogens is 423 g/mol. The second-order valence-corrected chi connectivity index (χ2v) is 7.70. The number of aliphatic imine (C=N–C) groups is 1. The van der Waals surface area contributed by atoms with Gasteiger partial charge in [-0.3, -0.25) is 4.99 Å². The van der Waals surface area contributed by atoms with Gasteiger partial charge in [0.25, 0.3) is 0 Å². The molecule has 1 saturated heterocycles. The molecule has 1 saturated carbocycles. The average molecular weight is 456 g/mol. The highest BCUT2D eigenvalue weighted by Crippen LogP contribution is 2.45. The van der Waals surface area contributed by atoms with Crippen molar-refractivity contribution in [3.05, 3.63) is 35.9 Å². The molecule has 2 fully saturated rings. The van der Waals surface area contributed by atoms with E-state index in [2.05, 4.69) is 64.5 Å². The molecule has 4 nitrogen and oxygen atoms in total. The van der Waals surface area contributed by atoms with Crippen molar-refractivity contribution in [3.8, 4) is 0 Å². The Hall–Kier alpha value is -0.820. The predicted octanol–water partition coefficient (Wildman–Crippen LogP) is 3.75. The minimum absolute atomic E-state index is 0. The molecule has 5 heteroatoms. The molecular formula is C20H33IN4. The van der Waals surface area contributed by atoms with E-state index >= 15 is 0 Å². The normalized spacial score (nSPS) is 20.8. The van der Waals surface area contributed by atoms with Crippen molar-refractivity contribution in [2.24, 2.45) is 10.4 Å². The Morgan fingerprint density at radius 3 is 2.48 bits per heavy atom. The Balaban J connectivity index is 0.00000225. The van der Waals surface area contributed by atoms with Gasteiger partial charge in [-0.1, -0.05) is 43.2 Å². The SMILES string of the molecule is CN=C(NCC(c1ccccc1)N(C)C)N1CCC2(CCCC2)C1.I. The third-order valence-electron chi connectivity index (χ3n) is 5.88. The minimum atomic E-state index is 0. The molecule has 1 spiro atoms. The molecule has 25 heavy (non-hydrogen) atoms. The Morgan fingerprint density at radius 1 is 1.20 bits per heavy atom. The summed E-state index contributed by atoms with van der Waals surface area (Å²) in [6, 6.07) is 11.1. The van der Waals surface area contributed by atoms with Crippen molar-refractivity contribution < 1.29 is 0 Å². The first-order valence-corrected chi connectivity index (χ1v) is 9.30. The minimum Gasteiger partial charge on any atom is -0.354 e. The molecule has 0 bridgehead atoms. The van der Waals surface area contributed by atoms with E-state index in [4.69, 9.17) is 0 Å². The van der Waals surface area contributed by atoms with Crippen molar-refractivity contribution >= 4 is 29.9 Å². The average Bonchev–Trinajstić information content (AvgIpc) is 3.22. The second kappa shape index (κ2) is 9.21. The van der Waals surface area contributed by atoms with Crippen LogP contribution in [0.1, 0.15) is 43.7 Å². The van der Waals surface area contributed by atoms with Crippen LogP contribution in [0, 0.1) is 5.41 Å². The Bertz CT molecular complexity index is 552. The van der Waals surface area contributed by atoms with Crippen LogP contribution in [0.4, 0.5) is 0 Å². The molecule has 1 aliphatic heterocycles. The number of guanidine groups is 1. The van der Waals surface area contributed by atoms with E-state index in [1.54, 1.807) is 0 Å². The topological polar surface area (TPSA) is 30.9 Å². The van der Waals surface area contributed by atoms with E-state index < -0.39 is 0 Å². The molecule has 140 valence electrons. The first-order chi connectivity index (χ1) is 11.6. The summed E-state index contributed by atoms with van der Waals surface area (Å²) in [7, 11) is 6.20. The number of nitrogens with zero attached hydrogens (tertiary/aromatic N) is 3. The van der Waals surface area contributed by atoms with Crippen LogP contribution in [-0.4, -0.2) is 56.5 Å². The van der Waals surface area contributed by atoms with Crippen LogP contribution in [0.3, 0.4) is 0 Å². The van der Waals surface area contributed by atoms with Gasteiger partial charge in [0.05, 0.1) is 6.04 Å². The molecule has 1 N–H and O–H groups in total. The van der Waals surface area contributed by atoms with Crippen molar-refractivity contribution in [1.29, 1.82) is 0 Å². The van der Waals surface area contributed by atoms with Crippen LogP contribution in [0.5, 0.6) is 0 Å². The number of likely N-dealkylation sites (N-methyl/N-ethyl adjacent to an activating group) is 1. The molecule has 1 aromatic carbocycles. The molecule has 1 aromatic rings. The van der Waals surface area contributed by atoms with Crippen molar-refractivity contribution in [3.63, 3.8) is 0 Å². The molecule has 1 heterocycles. The largest absolute Gasteiger partial charge is 0.354 e. The summed E-state index contributed by atoms with van der Waals surface area (Å²) in [4.78, 5) is 9.31. The lowest BCUT2D eigenvalue weighted by Crippen LogP contribution is -2.44. The number of hydrogen-bond acceptors (Lipinski definition) is 2. The maximum atomic E-state index is 4.56. The van der Waals surface area contributed by atoms with E-state index in [9.17, 15) is 0 Å². The molecule has 2 aliphatic rings. The van der Waals surface area contributed by atoms with E-state index in [1.807, 2.05) is 7.05 Å². The van der Waals surface area contributed by atoms with Crippen LogP contribution in [0.25, 0.3) is 0 Å². The van der Waals surface area contributed by atoms with Gasteiger partial charge in [0.1, 0.15) is 0 Å². The highest BCUT2D eigenvalue weighted by molar-refractivity contribution is 14.0.